The maximum atomic E-state index is 5.05. The standard InChI is InChI=1S/C14H24N4O/c1-10(2)14-17-8-12(15-6-7-19-3)13(18-14)9-16-11-4-5-11/h8,10-11,15-16H,4-7,9H2,1-3H3. The fourth-order valence-corrected chi connectivity index (χ4v) is 1.81. The molecule has 1 saturated carbocycles. The Hall–Kier alpha value is -1.20. The van der Waals surface area contributed by atoms with Crippen LogP contribution in [0.2, 0.25) is 0 Å². The molecule has 0 atom stereocenters. The van der Waals surface area contributed by atoms with Gasteiger partial charge in [0.2, 0.25) is 0 Å². The Bertz CT molecular complexity index is 404. The fourth-order valence-electron chi connectivity index (χ4n) is 1.81. The highest BCUT2D eigenvalue weighted by Crippen LogP contribution is 2.21. The van der Waals surface area contributed by atoms with Gasteiger partial charge < -0.3 is 15.4 Å². The third-order valence-electron chi connectivity index (χ3n) is 3.16. The number of rotatable bonds is 8. The van der Waals surface area contributed by atoms with Gasteiger partial charge in [-0.15, -0.1) is 0 Å². The number of methoxy groups -OCH3 is 1. The van der Waals surface area contributed by atoms with Crippen molar-refractivity contribution in [1.29, 1.82) is 0 Å². The van der Waals surface area contributed by atoms with Crippen molar-refractivity contribution in [2.75, 3.05) is 25.6 Å². The third-order valence-corrected chi connectivity index (χ3v) is 3.16. The van der Waals surface area contributed by atoms with Crippen molar-refractivity contribution in [2.45, 2.75) is 45.2 Å². The van der Waals surface area contributed by atoms with Crippen LogP contribution in [0.5, 0.6) is 0 Å². The lowest BCUT2D eigenvalue weighted by atomic mass is 10.2. The first-order valence-corrected chi connectivity index (χ1v) is 7.02. The van der Waals surface area contributed by atoms with E-state index < -0.39 is 0 Å². The number of aromatic nitrogens is 2. The number of hydrogen-bond acceptors (Lipinski definition) is 5. The van der Waals surface area contributed by atoms with E-state index in [0.717, 1.165) is 30.3 Å². The molecule has 0 saturated heterocycles. The van der Waals surface area contributed by atoms with E-state index in [9.17, 15) is 0 Å². The predicted octanol–water partition coefficient (Wildman–Crippen LogP) is 1.91. The van der Waals surface area contributed by atoms with Crippen LogP contribution < -0.4 is 10.6 Å². The molecule has 0 spiro atoms. The molecule has 0 aliphatic heterocycles. The lowest BCUT2D eigenvalue weighted by Gasteiger charge is -2.13. The van der Waals surface area contributed by atoms with E-state index in [-0.39, 0.29) is 0 Å². The minimum absolute atomic E-state index is 0.354. The summed E-state index contributed by atoms with van der Waals surface area (Å²) in [5.41, 5.74) is 2.07. The molecule has 1 aliphatic rings. The zero-order chi connectivity index (χ0) is 13.7. The smallest absolute Gasteiger partial charge is 0.131 e. The monoisotopic (exact) mass is 264 g/mol. The summed E-state index contributed by atoms with van der Waals surface area (Å²) in [7, 11) is 1.70. The number of nitrogens with zero attached hydrogens (tertiary/aromatic N) is 2. The minimum atomic E-state index is 0.354. The van der Waals surface area contributed by atoms with E-state index in [0.29, 0.717) is 18.6 Å². The van der Waals surface area contributed by atoms with Crippen molar-refractivity contribution < 1.29 is 4.74 Å². The van der Waals surface area contributed by atoms with E-state index in [1.165, 1.54) is 12.8 Å². The van der Waals surface area contributed by atoms with Crippen LogP contribution in [0.15, 0.2) is 6.20 Å². The van der Waals surface area contributed by atoms with Gasteiger partial charge in [0.15, 0.2) is 0 Å². The summed E-state index contributed by atoms with van der Waals surface area (Å²) in [4.78, 5) is 9.09. The normalized spacial score (nSPS) is 14.9. The van der Waals surface area contributed by atoms with Gasteiger partial charge in [0, 0.05) is 32.2 Å². The molecule has 0 aromatic carbocycles. The molecule has 1 heterocycles. The van der Waals surface area contributed by atoms with Gasteiger partial charge in [0.1, 0.15) is 5.82 Å². The van der Waals surface area contributed by atoms with Gasteiger partial charge in [-0.2, -0.15) is 0 Å². The van der Waals surface area contributed by atoms with Crippen molar-refractivity contribution in [3.05, 3.63) is 17.7 Å². The van der Waals surface area contributed by atoms with Gasteiger partial charge in [-0.05, 0) is 12.8 Å². The van der Waals surface area contributed by atoms with Crippen LogP contribution in [0.4, 0.5) is 5.69 Å². The minimum Gasteiger partial charge on any atom is -0.383 e. The fraction of sp³-hybridized carbons (Fsp3) is 0.714. The second-order valence-corrected chi connectivity index (χ2v) is 5.32. The average molecular weight is 264 g/mol. The van der Waals surface area contributed by atoms with Gasteiger partial charge in [0.25, 0.3) is 0 Å². The zero-order valence-corrected chi connectivity index (χ0v) is 12.1. The van der Waals surface area contributed by atoms with Crippen LogP contribution >= 0.6 is 0 Å². The molecule has 1 aliphatic carbocycles. The average Bonchev–Trinajstić information content (AvgIpc) is 3.21. The van der Waals surface area contributed by atoms with Gasteiger partial charge in [0.05, 0.1) is 24.2 Å². The van der Waals surface area contributed by atoms with E-state index in [2.05, 4.69) is 34.4 Å². The lowest BCUT2D eigenvalue weighted by molar-refractivity contribution is 0.210. The Kier molecular flexibility index (Phi) is 5.10. The number of hydrogen-bond donors (Lipinski definition) is 2. The number of ether oxygens (including phenoxy) is 1. The highest BCUT2D eigenvalue weighted by molar-refractivity contribution is 5.46. The maximum absolute atomic E-state index is 5.05. The Morgan fingerprint density at radius 1 is 1.42 bits per heavy atom. The SMILES string of the molecule is COCCNc1cnc(C(C)C)nc1CNC1CC1. The molecule has 19 heavy (non-hydrogen) atoms. The van der Waals surface area contributed by atoms with Crippen LogP contribution in [0, 0.1) is 0 Å². The van der Waals surface area contributed by atoms with Crippen molar-refractivity contribution >= 4 is 5.69 Å². The maximum Gasteiger partial charge on any atom is 0.131 e. The van der Waals surface area contributed by atoms with E-state index in [1.54, 1.807) is 7.11 Å². The van der Waals surface area contributed by atoms with Crippen LogP contribution in [-0.2, 0) is 11.3 Å². The summed E-state index contributed by atoms with van der Waals surface area (Å²) < 4.78 is 5.05. The Morgan fingerprint density at radius 2 is 2.21 bits per heavy atom. The molecule has 106 valence electrons. The summed E-state index contributed by atoms with van der Waals surface area (Å²) in [6.45, 7) is 6.50. The van der Waals surface area contributed by atoms with Crippen molar-refractivity contribution in [1.82, 2.24) is 15.3 Å². The predicted molar refractivity (Wildman–Crippen MR) is 76.3 cm³/mol. The lowest BCUT2D eigenvalue weighted by Crippen LogP contribution is -2.20. The summed E-state index contributed by atoms with van der Waals surface area (Å²) in [6.07, 6.45) is 4.46. The molecule has 0 radical (unpaired) electrons. The summed E-state index contributed by atoms with van der Waals surface area (Å²) in [5, 5.41) is 6.84. The van der Waals surface area contributed by atoms with Gasteiger partial charge in [-0.25, -0.2) is 9.97 Å². The Balaban J connectivity index is 2.04. The van der Waals surface area contributed by atoms with Crippen LogP contribution in [0.3, 0.4) is 0 Å². The van der Waals surface area contributed by atoms with Crippen molar-refractivity contribution in [3.8, 4) is 0 Å². The van der Waals surface area contributed by atoms with E-state index >= 15 is 0 Å². The molecule has 1 aromatic rings. The molecule has 2 N–H and O–H groups in total. The number of anilines is 1. The van der Waals surface area contributed by atoms with Gasteiger partial charge in [-0.1, -0.05) is 13.8 Å². The summed E-state index contributed by atoms with van der Waals surface area (Å²) in [6, 6.07) is 0.685. The van der Waals surface area contributed by atoms with Crippen molar-refractivity contribution in [3.63, 3.8) is 0 Å². The third kappa shape index (κ3) is 4.44. The molecular formula is C14H24N4O. The van der Waals surface area contributed by atoms with E-state index in [4.69, 9.17) is 4.74 Å². The van der Waals surface area contributed by atoms with Gasteiger partial charge >= 0.3 is 0 Å². The molecule has 1 fully saturated rings. The van der Waals surface area contributed by atoms with Crippen molar-refractivity contribution in [2.24, 2.45) is 0 Å². The van der Waals surface area contributed by atoms with E-state index in [1.807, 2.05) is 6.20 Å². The quantitative estimate of drug-likeness (QED) is 0.702. The topological polar surface area (TPSA) is 59.1 Å². The first-order chi connectivity index (χ1) is 9.20. The largest absolute Gasteiger partial charge is 0.383 e. The number of nitrogens with one attached hydrogen (secondary N) is 2. The highest BCUT2D eigenvalue weighted by atomic mass is 16.5. The first-order valence-electron chi connectivity index (χ1n) is 7.02. The zero-order valence-electron chi connectivity index (χ0n) is 12.1. The molecule has 5 heteroatoms. The molecule has 0 bridgehead atoms. The van der Waals surface area contributed by atoms with Crippen LogP contribution in [-0.4, -0.2) is 36.3 Å². The highest BCUT2D eigenvalue weighted by Gasteiger charge is 2.21. The summed E-state index contributed by atoms with van der Waals surface area (Å²) >= 11 is 0. The second-order valence-electron chi connectivity index (χ2n) is 5.32. The van der Waals surface area contributed by atoms with Crippen LogP contribution in [0.1, 0.15) is 44.1 Å². The Morgan fingerprint density at radius 3 is 2.84 bits per heavy atom. The second kappa shape index (κ2) is 6.82. The molecule has 1 aromatic heterocycles. The summed E-state index contributed by atoms with van der Waals surface area (Å²) in [5.74, 6) is 1.26. The first kappa shape index (κ1) is 14.2. The molecule has 0 unspecified atom stereocenters. The Labute approximate surface area is 115 Å². The van der Waals surface area contributed by atoms with Gasteiger partial charge in [-0.3, -0.25) is 0 Å². The molecular weight excluding hydrogens is 240 g/mol. The molecule has 5 nitrogen and oxygen atoms in total. The molecule has 2 rings (SSSR count). The van der Waals surface area contributed by atoms with Crippen LogP contribution in [0.25, 0.3) is 0 Å². The molecule has 0 amide bonds.